The molecule has 28 heavy (non-hydrogen) atoms. The summed E-state index contributed by atoms with van der Waals surface area (Å²) in [7, 11) is -0.599. The second kappa shape index (κ2) is 7.71. The lowest BCUT2D eigenvalue weighted by Crippen LogP contribution is -2.40. The van der Waals surface area contributed by atoms with Crippen molar-refractivity contribution in [3.8, 4) is 11.5 Å². The van der Waals surface area contributed by atoms with Crippen molar-refractivity contribution in [2.24, 2.45) is 5.92 Å². The summed E-state index contributed by atoms with van der Waals surface area (Å²) in [5.74, 6) is 2.91. The molecule has 0 bridgehead atoms. The summed E-state index contributed by atoms with van der Waals surface area (Å²) in [6.45, 7) is 0.947. The maximum Gasteiger partial charge on any atom is 0.243 e. The van der Waals surface area contributed by atoms with E-state index in [1.165, 1.54) is 20.3 Å². The third-order valence-corrected chi connectivity index (χ3v) is 7.23. The molecule has 0 amide bonds. The van der Waals surface area contributed by atoms with Gasteiger partial charge in [0.2, 0.25) is 15.9 Å². The number of hydrogen-bond donors (Lipinski definition) is 0. The number of nitrogens with zero attached hydrogens (tertiary/aromatic N) is 3. The highest BCUT2D eigenvalue weighted by atomic mass is 32.2. The van der Waals surface area contributed by atoms with E-state index in [4.69, 9.17) is 14.0 Å². The minimum Gasteiger partial charge on any atom is -0.493 e. The lowest BCUT2D eigenvalue weighted by Gasteiger charge is -2.31. The molecule has 0 radical (unpaired) electrons. The van der Waals surface area contributed by atoms with Gasteiger partial charge in [-0.15, -0.1) is 0 Å². The molecule has 1 saturated heterocycles. The number of piperidine rings is 1. The monoisotopic (exact) mass is 407 g/mol. The fraction of sp³-hybridized carbons (Fsp3) is 0.579. The summed E-state index contributed by atoms with van der Waals surface area (Å²) in [6.07, 6.45) is 4.61. The van der Waals surface area contributed by atoms with Crippen molar-refractivity contribution in [2.75, 3.05) is 27.3 Å². The highest BCUT2D eigenvalue weighted by Gasteiger charge is 2.33. The molecule has 1 aliphatic carbocycles. The highest BCUT2D eigenvalue weighted by Crippen LogP contribution is 2.38. The first-order valence-electron chi connectivity index (χ1n) is 9.56. The van der Waals surface area contributed by atoms with Crippen LogP contribution >= 0.6 is 0 Å². The van der Waals surface area contributed by atoms with Crippen LogP contribution in [0.3, 0.4) is 0 Å². The summed E-state index contributed by atoms with van der Waals surface area (Å²) >= 11 is 0. The van der Waals surface area contributed by atoms with Crippen LogP contribution in [-0.2, 0) is 16.4 Å². The molecular weight excluding hydrogens is 382 g/mol. The first-order chi connectivity index (χ1) is 13.5. The van der Waals surface area contributed by atoms with E-state index in [0.717, 1.165) is 31.5 Å². The smallest absolute Gasteiger partial charge is 0.243 e. The molecule has 8 nitrogen and oxygen atoms in total. The predicted octanol–water partition coefficient (Wildman–Crippen LogP) is 2.61. The zero-order valence-electron chi connectivity index (χ0n) is 16.1. The number of benzene rings is 1. The van der Waals surface area contributed by atoms with Gasteiger partial charge >= 0.3 is 0 Å². The largest absolute Gasteiger partial charge is 0.493 e. The van der Waals surface area contributed by atoms with Crippen molar-refractivity contribution < 1.29 is 22.4 Å². The Labute approximate surface area is 164 Å². The van der Waals surface area contributed by atoms with Crippen LogP contribution in [-0.4, -0.2) is 50.2 Å². The van der Waals surface area contributed by atoms with Gasteiger partial charge in [-0.2, -0.15) is 9.29 Å². The lowest BCUT2D eigenvalue weighted by atomic mass is 9.96. The molecule has 1 aromatic heterocycles. The third kappa shape index (κ3) is 3.86. The van der Waals surface area contributed by atoms with E-state index in [2.05, 4.69) is 10.1 Å². The number of methoxy groups -OCH3 is 2. The van der Waals surface area contributed by atoms with Crippen molar-refractivity contribution in [1.29, 1.82) is 0 Å². The maximum absolute atomic E-state index is 13.1. The summed E-state index contributed by atoms with van der Waals surface area (Å²) in [6, 6.07) is 4.68. The van der Waals surface area contributed by atoms with E-state index in [1.807, 2.05) is 0 Å². The van der Waals surface area contributed by atoms with Gasteiger partial charge in [0.05, 0.1) is 19.1 Å². The number of sulfonamides is 1. The van der Waals surface area contributed by atoms with Gasteiger partial charge in [-0.05, 0) is 43.7 Å². The molecule has 4 rings (SSSR count). The van der Waals surface area contributed by atoms with E-state index in [-0.39, 0.29) is 10.8 Å². The minimum atomic E-state index is -3.61. The predicted molar refractivity (Wildman–Crippen MR) is 101 cm³/mol. The van der Waals surface area contributed by atoms with Gasteiger partial charge in [-0.25, -0.2) is 8.42 Å². The zero-order valence-corrected chi connectivity index (χ0v) is 16.9. The van der Waals surface area contributed by atoms with Crippen LogP contribution in [0.5, 0.6) is 11.5 Å². The Morgan fingerprint density at radius 1 is 1.18 bits per heavy atom. The van der Waals surface area contributed by atoms with Crippen molar-refractivity contribution >= 4 is 10.0 Å². The average molecular weight is 407 g/mol. The number of ether oxygens (including phenoxy) is 2. The molecule has 152 valence electrons. The SMILES string of the molecule is COc1ccc(S(=O)(=O)N2CCCC(Cc3nc(C4CC4)no3)C2)cc1OC. The van der Waals surface area contributed by atoms with Gasteiger partial charge in [0.15, 0.2) is 17.3 Å². The van der Waals surface area contributed by atoms with Gasteiger partial charge in [0.1, 0.15) is 0 Å². The number of hydrogen-bond acceptors (Lipinski definition) is 7. The molecule has 2 heterocycles. The van der Waals surface area contributed by atoms with Crippen LogP contribution in [0.4, 0.5) is 0 Å². The van der Waals surface area contributed by atoms with Crippen molar-refractivity contribution in [3.63, 3.8) is 0 Å². The molecule has 2 fully saturated rings. The Hall–Kier alpha value is -2.13. The molecule has 0 spiro atoms. The average Bonchev–Trinajstić information content (AvgIpc) is 3.47. The molecule has 0 N–H and O–H groups in total. The summed E-state index contributed by atoms with van der Waals surface area (Å²) < 4.78 is 43.6. The van der Waals surface area contributed by atoms with Crippen LogP contribution in [0.25, 0.3) is 0 Å². The normalized spacial score (nSPS) is 20.9. The van der Waals surface area contributed by atoms with Crippen LogP contribution in [0.15, 0.2) is 27.6 Å². The first-order valence-corrected chi connectivity index (χ1v) is 11.0. The van der Waals surface area contributed by atoms with Crippen molar-refractivity contribution in [2.45, 2.75) is 42.9 Å². The molecule has 2 aromatic rings. The molecule has 1 aliphatic heterocycles. The Kier molecular flexibility index (Phi) is 5.29. The van der Waals surface area contributed by atoms with Crippen molar-refractivity contribution in [1.82, 2.24) is 14.4 Å². The second-order valence-electron chi connectivity index (χ2n) is 7.41. The molecule has 1 unspecified atom stereocenters. The van der Waals surface area contributed by atoms with Gasteiger partial charge in [0, 0.05) is 31.5 Å². The molecule has 9 heteroatoms. The minimum absolute atomic E-state index is 0.163. The highest BCUT2D eigenvalue weighted by molar-refractivity contribution is 7.89. The third-order valence-electron chi connectivity index (χ3n) is 5.36. The van der Waals surface area contributed by atoms with Crippen molar-refractivity contribution in [3.05, 3.63) is 29.9 Å². The van der Waals surface area contributed by atoms with Crippen LogP contribution in [0.2, 0.25) is 0 Å². The standard InChI is InChI=1S/C19H25N3O5S/c1-25-16-8-7-15(11-17(16)26-2)28(23,24)22-9-3-4-13(12-22)10-18-20-19(21-27-18)14-5-6-14/h7-8,11,13-14H,3-6,9-10,12H2,1-2H3. The molecule has 1 aromatic carbocycles. The second-order valence-corrected chi connectivity index (χ2v) is 9.35. The zero-order chi connectivity index (χ0) is 19.7. The molecule has 2 aliphatic rings. The van der Waals surface area contributed by atoms with Gasteiger partial charge in [-0.1, -0.05) is 5.16 Å². The Balaban J connectivity index is 1.48. The summed E-state index contributed by atoms with van der Waals surface area (Å²) in [5, 5.41) is 4.05. The maximum atomic E-state index is 13.1. The number of rotatable bonds is 7. The number of aromatic nitrogens is 2. The Morgan fingerprint density at radius 2 is 1.96 bits per heavy atom. The fourth-order valence-corrected chi connectivity index (χ4v) is 5.21. The fourth-order valence-electron chi connectivity index (χ4n) is 3.64. The molecule has 1 atom stereocenters. The summed E-state index contributed by atoms with van der Waals surface area (Å²) in [4.78, 5) is 4.69. The Morgan fingerprint density at radius 3 is 2.68 bits per heavy atom. The van der Waals surface area contributed by atoms with Crippen LogP contribution in [0, 0.1) is 5.92 Å². The lowest BCUT2D eigenvalue weighted by molar-refractivity contribution is 0.246. The van der Waals surface area contributed by atoms with Crippen LogP contribution < -0.4 is 9.47 Å². The van der Waals surface area contributed by atoms with Gasteiger partial charge < -0.3 is 14.0 Å². The van der Waals surface area contributed by atoms with Gasteiger partial charge in [0.25, 0.3) is 0 Å². The van der Waals surface area contributed by atoms with Crippen LogP contribution in [0.1, 0.15) is 43.3 Å². The van der Waals surface area contributed by atoms with Gasteiger partial charge in [-0.3, -0.25) is 0 Å². The molecule has 1 saturated carbocycles. The van der Waals surface area contributed by atoms with E-state index in [0.29, 0.717) is 42.8 Å². The summed E-state index contributed by atoms with van der Waals surface area (Å²) in [5.41, 5.74) is 0. The first kappa shape index (κ1) is 19.2. The quantitative estimate of drug-likeness (QED) is 0.696. The molecular formula is C19H25N3O5S. The topological polar surface area (TPSA) is 94.8 Å². The van der Waals surface area contributed by atoms with E-state index in [1.54, 1.807) is 16.4 Å². The van der Waals surface area contributed by atoms with E-state index >= 15 is 0 Å². The van der Waals surface area contributed by atoms with E-state index < -0.39 is 10.0 Å². The van der Waals surface area contributed by atoms with E-state index in [9.17, 15) is 8.42 Å². The Bertz CT molecular complexity index is 939.